The van der Waals surface area contributed by atoms with E-state index in [2.05, 4.69) is 0 Å². The molecule has 0 aliphatic carbocycles. The van der Waals surface area contributed by atoms with E-state index >= 15 is 0 Å². The van der Waals surface area contributed by atoms with Crippen LogP contribution in [0.15, 0.2) is 42.5 Å². The van der Waals surface area contributed by atoms with Crippen LogP contribution in [0.5, 0.6) is 11.5 Å². The Bertz CT molecular complexity index is 740. The van der Waals surface area contributed by atoms with Crippen molar-refractivity contribution in [1.29, 1.82) is 0 Å². The number of carbonyl (C=O) groups is 1. The zero-order valence-electron chi connectivity index (χ0n) is 10.8. The van der Waals surface area contributed by atoms with Crippen molar-refractivity contribution < 1.29 is 24.5 Å². The Hall–Kier alpha value is -3.49. The molecule has 0 saturated carbocycles. The quantitative estimate of drug-likeness (QED) is 0.397. The molecule has 0 heterocycles. The summed E-state index contributed by atoms with van der Waals surface area (Å²) in [6.07, 6.45) is 0. The lowest BCUT2D eigenvalue weighted by atomic mass is 10.2. The number of phenolic OH excluding ortho intramolecular Hbond substituents is 1. The van der Waals surface area contributed by atoms with E-state index < -0.39 is 27.2 Å². The molecule has 0 aliphatic heterocycles. The van der Waals surface area contributed by atoms with E-state index in [4.69, 9.17) is 4.74 Å². The molecule has 2 rings (SSSR count). The van der Waals surface area contributed by atoms with Gasteiger partial charge < -0.3 is 9.84 Å². The average Bonchev–Trinajstić information content (AvgIpc) is 2.47. The van der Waals surface area contributed by atoms with Crippen molar-refractivity contribution in [3.05, 3.63) is 68.3 Å². The summed E-state index contributed by atoms with van der Waals surface area (Å²) < 4.78 is 4.86. The van der Waals surface area contributed by atoms with Gasteiger partial charge in [0.25, 0.3) is 11.4 Å². The van der Waals surface area contributed by atoms with Gasteiger partial charge in [0.1, 0.15) is 17.1 Å². The summed E-state index contributed by atoms with van der Waals surface area (Å²) in [5, 5.41) is 31.0. The summed E-state index contributed by atoms with van der Waals surface area (Å²) in [5.41, 5.74) is -1.35. The largest absolute Gasteiger partial charge is 0.507 e. The van der Waals surface area contributed by atoms with Gasteiger partial charge in [-0.15, -0.1) is 0 Å². The lowest BCUT2D eigenvalue weighted by molar-refractivity contribution is -0.394. The van der Waals surface area contributed by atoms with E-state index in [1.165, 1.54) is 24.3 Å². The van der Waals surface area contributed by atoms with E-state index in [1.54, 1.807) is 0 Å². The van der Waals surface area contributed by atoms with Crippen LogP contribution in [0.2, 0.25) is 0 Å². The number of ether oxygens (including phenoxy) is 1. The van der Waals surface area contributed by atoms with E-state index in [9.17, 15) is 30.1 Å². The molecular formula is C13H8N2O7. The number of hydrogen-bond donors (Lipinski definition) is 1. The number of nitro benzene ring substituents is 2. The molecule has 0 aromatic heterocycles. The van der Waals surface area contributed by atoms with Crippen molar-refractivity contribution in [2.75, 3.05) is 0 Å². The Morgan fingerprint density at radius 3 is 2.05 bits per heavy atom. The zero-order chi connectivity index (χ0) is 16.3. The fourth-order valence-electron chi connectivity index (χ4n) is 1.65. The summed E-state index contributed by atoms with van der Waals surface area (Å²) in [6, 6.07) is 8.01. The highest BCUT2D eigenvalue weighted by molar-refractivity contribution is 5.93. The lowest BCUT2D eigenvalue weighted by Crippen LogP contribution is -2.09. The molecule has 0 amide bonds. The standard InChI is InChI=1S/C13H8N2O7/c16-12-4-2-1-3-11(12)13(17)22-10-6-8(14(18)19)5-9(7-10)15(20)21/h1-7,16H. The molecule has 0 bridgehead atoms. The molecule has 0 spiro atoms. The van der Waals surface area contributed by atoms with E-state index in [1.807, 2.05) is 0 Å². The molecule has 0 radical (unpaired) electrons. The summed E-state index contributed by atoms with van der Waals surface area (Å²) in [6.45, 7) is 0. The number of rotatable bonds is 4. The summed E-state index contributed by atoms with van der Waals surface area (Å²) in [7, 11) is 0. The minimum Gasteiger partial charge on any atom is -0.507 e. The van der Waals surface area contributed by atoms with E-state index in [0.29, 0.717) is 0 Å². The number of para-hydroxylation sites is 1. The third-order valence-electron chi connectivity index (χ3n) is 2.63. The van der Waals surface area contributed by atoms with Crippen LogP contribution in [0.25, 0.3) is 0 Å². The van der Waals surface area contributed by atoms with E-state index in [-0.39, 0.29) is 17.1 Å². The van der Waals surface area contributed by atoms with Gasteiger partial charge in [-0.05, 0) is 12.1 Å². The van der Waals surface area contributed by atoms with Gasteiger partial charge >= 0.3 is 5.97 Å². The molecule has 2 aromatic rings. The van der Waals surface area contributed by atoms with Crippen molar-refractivity contribution in [2.45, 2.75) is 0 Å². The number of esters is 1. The monoisotopic (exact) mass is 304 g/mol. The first-order valence-electron chi connectivity index (χ1n) is 5.82. The van der Waals surface area contributed by atoms with Crippen molar-refractivity contribution in [3.8, 4) is 11.5 Å². The van der Waals surface area contributed by atoms with Crippen LogP contribution < -0.4 is 4.74 Å². The van der Waals surface area contributed by atoms with Crippen molar-refractivity contribution >= 4 is 17.3 Å². The van der Waals surface area contributed by atoms with Gasteiger partial charge in [-0.25, -0.2) is 4.79 Å². The molecule has 0 fully saturated rings. The topological polar surface area (TPSA) is 133 Å². The van der Waals surface area contributed by atoms with Gasteiger partial charge in [0.05, 0.1) is 28.0 Å². The maximum absolute atomic E-state index is 11.9. The molecule has 9 nitrogen and oxygen atoms in total. The third-order valence-corrected chi connectivity index (χ3v) is 2.63. The first-order valence-corrected chi connectivity index (χ1v) is 5.82. The number of carbonyl (C=O) groups excluding carboxylic acids is 1. The molecular weight excluding hydrogens is 296 g/mol. The summed E-state index contributed by atoms with van der Waals surface area (Å²) >= 11 is 0. The highest BCUT2D eigenvalue weighted by Crippen LogP contribution is 2.28. The van der Waals surface area contributed by atoms with Gasteiger partial charge in [-0.1, -0.05) is 12.1 Å². The number of hydrogen-bond acceptors (Lipinski definition) is 7. The fraction of sp³-hybridized carbons (Fsp3) is 0. The number of non-ortho nitro benzene ring substituents is 2. The van der Waals surface area contributed by atoms with Crippen LogP contribution in [0.4, 0.5) is 11.4 Å². The summed E-state index contributed by atoms with van der Waals surface area (Å²) in [5.74, 6) is -1.70. The Kier molecular flexibility index (Phi) is 3.98. The molecule has 1 N–H and O–H groups in total. The zero-order valence-corrected chi connectivity index (χ0v) is 10.8. The molecule has 2 aromatic carbocycles. The third kappa shape index (κ3) is 3.15. The lowest BCUT2D eigenvalue weighted by Gasteiger charge is -2.05. The first kappa shape index (κ1) is 14.9. The highest BCUT2D eigenvalue weighted by atomic mass is 16.6. The van der Waals surface area contributed by atoms with Crippen LogP contribution in [0.1, 0.15) is 10.4 Å². The Balaban J connectivity index is 2.37. The van der Waals surface area contributed by atoms with Gasteiger partial charge in [0.15, 0.2) is 0 Å². The van der Waals surface area contributed by atoms with Crippen LogP contribution in [0.3, 0.4) is 0 Å². The Morgan fingerprint density at radius 1 is 1.00 bits per heavy atom. The number of nitro groups is 2. The maximum Gasteiger partial charge on any atom is 0.347 e. The Morgan fingerprint density at radius 2 is 1.55 bits per heavy atom. The second-order valence-corrected chi connectivity index (χ2v) is 4.11. The van der Waals surface area contributed by atoms with E-state index in [0.717, 1.165) is 18.2 Å². The normalized spacial score (nSPS) is 10.0. The number of nitrogens with zero attached hydrogens (tertiary/aromatic N) is 2. The average molecular weight is 304 g/mol. The van der Waals surface area contributed by atoms with Gasteiger partial charge in [0, 0.05) is 0 Å². The minimum atomic E-state index is -0.993. The predicted octanol–water partition coefficient (Wildman–Crippen LogP) is 2.43. The van der Waals surface area contributed by atoms with Crippen molar-refractivity contribution in [2.24, 2.45) is 0 Å². The SMILES string of the molecule is O=C(Oc1cc([N+](=O)[O-])cc([N+](=O)[O-])c1)c1ccccc1O. The van der Waals surface area contributed by atoms with Crippen molar-refractivity contribution in [1.82, 2.24) is 0 Å². The second kappa shape index (κ2) is 5.87. The van der Waals surface area contributed by atoms with Crippen LogP contribution in [-0.4, -0.2) is 20.9 Å². The van der Waals surface area contributed by atoms with Gasteiger partial charge in [-0.2, -0.15) is 0 Å². The molecule has 9 heteroatoms. The highest BCUT2D eigenvalue weighted by Gasteiger charge is 2.20. The van der Waals surface area contributed by atoms with Crippen LogP contribution in [-0.2, 0) is 0 Å². The molecule has 0 aliphatic rings. The molecule has 112 valence electrons. The fourth-order valence-corrected chi connectivity index (χ4v) is 1.65. The van der Waals surface area contributed by atoms with Crippen LogP contribution in [0, 0.1) is 20.2 Å². The summed E-state index contributed by atoms with van der Waals surface area (Å²) in [4.78, 5) is 31.7. The second-order valence-electron chi connectivity index (χ2n) is 4.11. The van der Waals surface area contributed by atoms with Crippen LogP contribution >= 0.6 is 0 Å². The maximum atomic E-state index is 11.9. The van der Waals surface area contributed by atoms with Gasteiger partial charge in [-0.3, -0.25) is 20.2 Å². The smallest absolute Gasteiger partial charge is 0.347 e. The van der Waals surface area contributed by atoms with Crippen molar-refractivity contribution in [3.63, 3.8) is 0 Å². The molecule has 0 atom stereocenters. The minimum absolute atomic E-state index is 0.170. The molecule has 22 heavy (non-hydrogen) atoms. The number of benzene rings is 2. The Labute approximate surface area is 122 Å². The first-order chi connectivity index (χ1) is 10.4. The van der Waals surface area contributed by atoms with Gasteiger partial charge in [0.2, 0.25) is 0 Å². The molecule has 0 unspecified atom stereocenters. The number of phenols is 1. The predicted molar refractivity (Wildman–Crippen MR) is 72.8 cm³/mol. The molecule has 0 saturated heterocycles. The number of aromatic hydroxyl groups is 1.